The molecule has 0 spiro atoms. The van der Waals surface area contributed by atoms with E-state index in [1.165, 1.54) is 6.07 Å². The molecule has 2 aromatic rings. The van der Waals surface area contributed by atoms with Crippen molar-refractivity contribution in [3.8, 4) is 11.1 Å². The van der Waals surface area contributed by atoms with Gasteiger partial charge in [-0.05, 0) is 29.8 Å². The van der Waals surface area contributed by atoms with Crippen molar-refractivity contribution in [1.82, 2.24) is 0 Å². The average Bonchev–Trinajstić information content (AvgIpc) is 2.15. The lowest BCUT2D eigenvalue weighted by molar-refractivity contribution is 0.578. The second-order valence-electron chi connectivity index (χ2n) is 3.25. The number of hydrogen-bond donors (Lipinski definition) is 0. The van der Waals surface area contributed by atoms with Crippen molar-refractivity contribution < 1.29 is 17.6 Å². The van der Waals surface area contributed by atoms with E-state index in [0.29, 0.717) is 6.07 Å². The fourth-order valence-corrected chi connectivity index (χ4v) is 1.47. The van der Waals surface area contributed by atoms with Crippen molar-refractivity contribution in [2.24, 2.45) is 0 Å². The maximum Gasteiger partial charge on any atom is 0.133 e. The van der Waals surface area contributed by atoms with E-state index < -0.39 is 28.8 Å². The van der Waals surface area contributed by atoms with Gasteiger partial charge < -0.3 is 0 Å². The summed E-state index contributed by atoms with van der Waals surface area (Å²) in [6.45, 7) is 0. The van der Waals surface area contributed by atoms with E-state index in [4.69, 9.17) is 0 Å². The van der Waals surface area contributed by atoms with E-state index in [-0.39, 0.29) is 5.56 Å². The minimum Gasteiger partial charge on any atom is -0.207 e. The standard InChI is InChI=1S/C12H6F4/c13-8-4-7(5-9(14)6-8)12-10(15)2-1-3-11(12)16/h1-6H. The van der Waals surface area contributed by atoms with Crippen LogP contribution in [-0.2, 0) is 0 Å². The van der Waals surface area contributed by atoms with Gasteiger partial charge in [0.25, 0.3) is 0 Å². The van der Waals surface area contributed by atoms with Crippen molar-refractivity contribution in [3.05, 3.63) is 59.7 Å². The zero-order chi connectivity index (χ0) is 11.7. The van der Waals surface area contributed by atoms with Crippen LogP contribution in [0.25, 0.3) is 11.1 Å². The lowest BCUT2D eigenvalue weighted by Gasteiger charge is -2.05. The molecular weight excluding hydrogens is 220 g/mol. The predicted octanol–water partition coefficient (Wildman–Crippen LogP) is 3.91. The van der Waals surface area contributed by atoms with Gasteiger partial charge >= 0.3 is 0 Å². The summed E-state index contributed by atoms with van der Waals surface area (Å²) < 4.78 is 52.4. The number of rotatable bonds is 1. The first-order chi connectivity index (χ1) is 7.58. The van der Waals surface area contributed by atoms with Crippen molar-refractivity contribution in [1.29, 1.82) is 0 Å². The van der Waals surface area contributed by atoms with E-state index in [9.17, 15) is 17.6 Å². The van der Waals surface area contributed by atoms with E-state index in [1.54, 1.807) is 0 Å². The molecule has 0 nitrogen and oxygen atoms in total. The molecule has 2 rings (SSSR count). The van der Waals surface area contributed by atoms with Gasteiger partial charge in [-0.3, -0.25) is 0 Å². The van der Waals surface area contributed by atoms with Crippen molar-refractivity contribution in [3.63, 3.8) is 0 Å². The first-order valence-corrected chi connectivity index (χ1v) is 4.48. The molecule has 82 valence electrons. The van der Waals surface area contributed by atoms with Gasteiger partial charge in [0.1, 0.15) is 23.3 Å². The molecule has 0 fully saturated rings. The van der Waals surface area contributed by atoms with Crippen molar-refractivity contribution in [2.45, 2.75) is 0 Å². The summed E-state index contributed by atoms with van der Waals surface area (Å²) in [5.41, 5.74) is -0.589. The maximum atomic E-state index is 13.3. The fourth-order valence-electron chi connectivity index (χ4n) is 1.47. The lowest BCUT2D eigenvalue weighted by atomic mass is 10.0. The Morgan fingerprint density at radius 2 is 1.19 bits per heavy atom. The van der Waals surface area contributed by atoms with Crippen LogP contribution in [0.4, 0.5) is 17.6 Å². The second kappa shape index (κ2) is 3.96. The third-order valence-corrected chi connectivity index (χ3v) is 2.11. The Hall–Kier alpha value is -1.84. The summed E-state index contributed by atoms with van der Waals surface area (Å²) in [7, 11) is 0. The molecule has 16 heavy (non-hydrogen) atoms. The molecule has 0 aliphatic heterocycles. The third kappa shape index (κ3) is 1.91. The van der Waals surface area contributed by atoms with E-state index in [2.05, 4.69) is 0 Å². The summed E-state index contributed by atoms with van der Waals surface area (Å²) >= 11 is 0. The second-order valence-corrected chi connectivity index (χ2v) is 3.25. The first kappa shape index (κ1) is 10.7. The Balaban J connectivity index is 2.67. The molecule has 0 unspecified atom stereocenters. The molecule has 0 aliphatic rings. The largest absolute Gasteiger partial charge is 0.207 e. The minimum atomic E-state index is -0.877. The Kier molecular flexibility index (Phi) is 2.64. The molecule has 0 N–H and O–H groups in total. The minimum absolute atomic E-state index is 0.159. The highest BCUT2D eigenvalue weighted by molar-refractivity contribution is 5.64. The number of hydrogen-bond acceptors (Lipinski definition) is 0. The molecule has 0 saturated heterocycles. The van der Waals surface area contributed by atoms with E-state index in [1.807, 2.05) is 0 Å². The molecule has 0 aliphatic carbocycles. The lowest BCUT2D eigenvalue weighted by Crippen LogP contribution is -1.91. The third-order valence-electron chi connectivity index (χ3n) is 2.11. The molecule has 2 aromatic carbocycles. The Morgan fingerprint density at radius 3 is 1.69 bits per heavy atom. The number of benzene rings is 2. The van der Waals surface area contributed by atoms with Gasteiger partial charge in [-0.15, -0.1) is 0 Å². The molecule has 0 atom stereocenters. The van der Waals surface area contributed by atoms with Crippen LogP contribution >= 0.6 is 0 Å². The molecule has 0 heterocycles. The van der Waals surface area contributed by atoms with Gasteiger partial charge in [0.2, 0.25) is 0 Å². The van der Waals surface area contributed by atoms with Crippen LogP contribution in [0, 0.1) is 23.3 Å². The summed E-state index contributed by atoms with van der Waals surface area (Å²) in [6.07, 6.45) is 0. The van der Waals surface area contributed by atoms with E-state index in [0.717, 1.165) is 24.3 Å². The highest BCUT2D eigenvalue weighted by Gasteiger charge is 2.12. The molecule has 0 bridgehead atoms. The molecule has 0 saturated carbocycles. The molecule has 0 amide bonds. The van der Waals surface area contributed by atoms with Crippen LogP contribution in [0.1, 0.15) is 0 Å². The maximum absolute atomic E-state index is 13.3. The molecular formula is C12H6F4. The summed E-state index contributed by atoms with van der Waals surface area (Å²) in [5, 5.41) is 0. The normalized spacial score (nSPS) is 10.5. The summed E-state index contributed by atoms with van der Waals surface area (Å²) in [5.74, 6) is -3.47. The van der Waals surface area contributed by atoms with Gasteiger partial charge in [0.05, 0.1) is 5.56 Å². The SMILES string of the molecule is Fc1cc(F)cc(-c2c(F)cccc2F)c1. The van der Waals surface area contributed by atoms with Crippen molar-refractivity contribution in [2.75, 3.05) is 0 Å². The van der Waals surface area contributed by atoms with Crippen LogP contribution in [-0.4, -0.2) is 0 Å². The Labute approximate surface area is 89.2 Å². The smallest absolute Gasteiger partial charge is 0.133 e. The average molecular weight is 226 g/mol. The monoisotopic (exact) mass is 226 g/mol. The molecule has 0 radical (unpaired) electrons. The topological polar surface area (TPSA) is 0 Å². The zero-order valence-electron chi connectivity index (χ0n) is 7.98. The van der Waals surface area contributed by atoms with Gasteiger partial charge in [-0.1, -0.05) is 6.07 Å². The van der Waals surface area contributed by atoms with Crippen LogP contribution in [0.15, 0.2) is 36.4 Å². The van der Waals surface area contributed by atoms with Gasteiger partial charge in [-0.25, -0.2) is 17.6 Å². The summed E-state index contributed by atoms with van der Waals surface area (Å²) in [6, 6.07) is 5.64. The van der Waals surface area contributed by atoms with Gasteiger partial charge in [0, 0.05) is 6.07 Å². The van der Waals surface area contributed by atoms with Crippen LogP contribution < -0.4 is 0 Å². The zero-order valence-corrected chi connectivity index (χ0v) is 7.98. The van der Waals surface area contributed by atoms with Gasteiger partial charge in [-0.2, -0.15) is 0 Å². The highest BCUT2D eigenvalue weighted by Crippen LogP contribution is 2.27. The summed E-state index contributed by atoms with van der Waals surface area (Å²) in [4.78, 5) is 0. The van der Waals surface area contributed by atoms with Crippen molar-refractivity contribution >= 4 is 0 Å². The highest BCUT2D eigenvalue weighted by atomic mass is 19.1. The van der Waals surface area contributed by atoms with Crippen LogP contribution in [0.3, 0.4) is 0 Å². The predicted molar refractivity (Wildman–Crippen MR) is 51.7 cm³/mol. The fraction of sp³-hybridized carbons (Fsp3) is 0. The molecule has 4 heteroatoms. The Bertz CT molecular complexity index is 494. The first-order valence-electron chi connectivity index (χ1n) is 4.48. The van der Waals surface area contributed by atoms with Crippen LogP contribution in [0.2, 0.25) is 0 Å². The number of halogens is 4. The van der Waals surface area contributed by atoms with Gasteiger partial charge in [0.15, 0.2) is 0 Å². The molecule has 0 aromatic heterocycles. The quantitative estimate of drug-likeness (QED) is 0.646. The van der Waals surface area contributed by atoms with Crippen LogP contribution in [0.5, 0.6) is 0 Å². The van der Waals surface area contributed by atoms with E-state index >= 15 is 0 Å². The Morgan fingerprint density at radius 1 is 0.688 bits per heavy atom.